The van der Waals surface area contributed by atoms with E-state index in [4.69, 9.17) is 5.26 Å². The third-order valence-electron chi connectivity index (χ3n) is 2.94. The van der Waals surface area contributed by atoms with Crippen LogP contribution in [0.2, 0.25) is 0 Å². The molecule has 92 valence electrons. The molecular weight excluding hydrogens is 240 g/mol. The predicted octanol–water partition coefficient (Wildman–Crippen LogP) is 4.41. The molecule has 1 atom stereocenters. The van der Waals surface area contributed by atoms with E-state index in [2.05, 4.69) is 37.4 Å². The largest absolute Gasteiger partial charge is 0.376 e. The van der Waals surface area contributed by atoms with E-state index in [0.29, 0.717) is 5.56 Å². The maximum absolute atomic E-state index is 9.14. The Hall–Kier alpha value is -1.79. The zero-order valence-electron chi connectivity index (χ0n) is 10.8. The SMILES string of the molecule is Cc1ccc(C(C)Nc2c(C)cccc2C#N)s1. The molecule has 0 amide bonds. The van der Waals surface area contributed by atoms with E-state index >= 15 is 0 Å². The third kappa shape index (κ3) is 2.55. The van der Waals surface area contributed by atoms with Crippen molar-refractivity contribution in [2.75, 3.05) is 5.32 Å². The van der Waals surface area contributed by atoms with Crippen molar-refractivity contribution in [3.63, 3.8) is 0 Å². The number of benzene rings is 1. The molecule has 0 saturated carbocycles. The average molecular weight is 256 g/mol. The second-order valence-corrected chi connectivity index (χ2v) is 5.74. The van der Waals surface area contributed by atoms with E-state index in [9.17, 15) is 0 Å². The molecule has 0 spiro atoms. The first-order valence-electron chi connectivity index (χ1n) is 5.94. The van der Waals surface area contributed by atoms with Gasteiger partial charge in [0.05, 0.1) is 17.3 Å². The number of nitrogens with one attached hydrogen (secondary N) is 1. The standard InChI is InChI=1S/C15H16N2S/c1-10-5-4-6-13(9-16)15(10)17-12(3)14-8-7-11(2)18-14/h4-8,12,17H,1-3H3. The lowest BCUT2D eigenvalue weighted by atomic mass is 10.1. The van der Waals surface area contributed by atoms with Gasteiger partial charge in [0, 0.05) is 9.75 Å². The Bertz CT molecular complexity index is 593. The second-order valence-electron chi connectivity index (χ2n) is 4.42. The Morgan fingerprint density at radius 2 is 2.00 bits per heavy atom. The summed E-state index contributed by atoms with van der Waals surface area (Å²) in [7, 11) is 0. The number of nitriles is 1. The van der Waals surface area contributed by atoms with Gasteiger partial charge in [0.15, 0.2) is 0 Å². The Labute approximate surface area is 112 Å². The number of thiophene rings is 1. The monoisotopic (exact) mass is 256 g/mol. The van der Waals surface area contributed by atoms with Gasteiger partial charge in [-0.3, -0.25) is 0 Å². The minimum atomic E-state index is 0.219. The molecule has 3 heteroatoms. The van der Waals surface area contributed by atoms with Crippen LogP contribution < -0.4 is 5.32 Å². The fourth-order valence-corrected chi connectivity index (χ4v) is 2.81. The van der Waals surface area contributed by atoms with Gasteiger partial charge in [-0.2, -0.15) is 5.26 Å². The lowest BCUT2D eigenvalue weighted by molar-refractivity contribution is 0.904. The fourth-order valence-electron chi connectivity index (χ4n) is 1.93. The van der Waals surface area contributed by atoms with Crippen LogP contribution in [-0.2, 0) is 0 Å². The highest BCUT2D eigenvalue weighted by Gasteiger charge is 2.11. The number of aryl methyl sites for hydroxylation is 2. The number of hydrogen-bond acceptors (Lipinski definition) is 3. The second kappa shape index (κ2) is 5.24. The molecule has 1 aromatic heterocycles. The Balaban J connectivity index is 2.27. The van der Waals surface area contributed by atoms with Gasteiger partial charge in [-0.1, -0.05) is 12.1 Å². The molecule has 1 N–H and O–H groups in total. The minimum absolute atomic E-state index is 0.219. The average Bonchev–Trinajstić information content (AvgIpc) is 2.78. The molecule has 0 fully saturated rings. The van der Waals surface area contributed by atoms with Gasteiger partial charge in [-0.05, 0) is 44.5 Å². The summed E-state index contributed by atoms with van der Waals surface area (Å²) in [5, 5.41) is 12.6. The number of rotatable bonds is 3. The molecule has 2 nitrogen and oxygen atoms in total. The zero-order chi connectivity index (χ0) is 13.1. The van der Waals surface area contributed by atoms with Crippen molar-refractivity contribution >= 4 is 17.0 Å². The molecule has 0 saturated heterocycles. The highest BCUT2D eigenvalue weighted by Crippen LogP contribution is 2.28. The molecule has 18 heavy (non-hydrogen) atoms. The summed E-state index contributed by atoms with van der Waals surface area (Å²) < 4.78 is 0. The smallest absolute Gasteiger partial charge is 0.101 e. The third-order valence-corrected chi connectivity index (χ3v) is 4.13. The zero-order valence-corrected chi connectivity index (χ0v) is 11.6. The van der Waals surface area contributed by atoms with Crippen molar-refractivity contribution in [1.29, 1.82) is 5.26 Å². The molecule has 0 bridgehead atoms. The van der Waals surface area contributed by atoms with Gasteiger partial charge in [0.1, 0.15) is 6.07 Å². The van der Waals surface area contributed by atoms with Gasteiger partial charge in [0.25, 0.3) is 0 Å². The number of anilines is 1. The maximum atomic E-state index is 9.14. The lowest BCUT2D eigenvalue weighted by Crippen LogP contribution is -2.07. The van der Waals surface area contributed by atoms with Crippen LogP contribution in [0.25, 0.3) is 0 Å². The summed E-state index contributed by atoms with van der Waals surface area (Å²) in [4.78, 5) is 2.60. The van der Waals surface area contributed by atoms with Crippen LogP contribution in [0.15, 0.2) is 30.3 Å². The number of nitrogens with zero attached hydrogens (tertiary/aromatic N) is 1. The summed E-state index contributed by atoms with van der Waals surface area (Å²) >= 11 is 1.79. The summed E-state index contributed by atoms with van der Waals surface area (Å²) in [6, 6.07) is 12.5. The van der Waals surface area contributed by atoms with Crippen LogP contribution in [-0.4, -0.2) is 0 Å². The number of hydrogen-bond donors (Lipinski definition) is 1. The van der Waals surface area contributed by atoms with Crippen LogP contribution in [0.3, 0.4) is 0 Å². The lowest BCUT2D eigenvalue weighted by Gasteiger charge is -2.17. The quantitative estimate of drug-likeness (QED) is 0.883. The van der Waals surface area contributed by atoms with E-state index in [1.54, 1.807) is 11.3 Å². The molecule has 2 rings (SSSR count). The molecule has 0 aliphatic carbocycles. The molecule has 1 aromatic carbocycles. The van der Waals surface area contributed by atoms with Gasteiger partial charge < -0.3 is 5.32 Å². The molecule has 2 aromatic rings. The molecule has 1 heterocycles. The Morgan fingerprint density at radius 3 is 2.61 bits per heavy atom. The molecule has 0 aliphatic rings. The predicted molar refractivity (Wildman–Crippen MR) is 77.0 cm³/mol. The normalized spacial score (nSPS) is 11.9. The van der Waals surface area contributed by atoms with E-state index in [-0.39, 0.29) is 6.04 Å². The first kappa shape index (κ1) is 12.7. The van der Waals surface area contributed by atoms with Crippen LogP contribution >= 0.6 is 11.3 Å². The highest BCUT2D eigenvalue weighted by atomic mass is 32.1. The Morgan fingerprint density at radius 1 is 1.22 bits per heavy atom. The van der Waals surface area contributed by atoms with Gasteiger partial charge in [-0.15, -0.1) is 11.3 Å². The molecule has 1 unspecified atom stereocenters. The van der Waals surface area contributed by atoms with Crippen LogP contribution in [0.5, 0.6) is 0 Å². The summed E-state index contributed by atoms with van der Waals surface area (Å²) in [6.45, 7) is 6.25. The first-order valence-corrected chi connectivity index (χ1v) is 6.76. The van der Waals surface area contributed by atoms with Crippen molar-refractivity contribution in [3.05, 3.63) is 51.2 Å². The van der Waals surface area contributed by atoms with Crippen LogP contribution in [0.4, 0.5) is 5.69 Å². The van der Waals surface area contributed by atoms with Crippen molar-refractivity contribution in [2.24, 2.45) is 0 Å². The van der Waals surface area contributed by atoms with Gasteiger partial charge in [0.2, 0.25) is 0 Å². The minimum Gasteiger partial charge on any atom is -0.376 e. The van der Waals surface area contributed by atoms with E-state index in [0.717, 1.165) is 11.3 Å². The van der Waals surface area contributed by atoms with Crippen molar-refractivity contribution < 1.29 is 0 Å². The molecule has 0 radical (unpaired) electrons. The van der Waals surface area contributed by atoms with Crippen molar-refractivity contribution in [2.45, 2.75) is 26.8 Å². The fraction of sp³-hybridized carbons (Fsp3) is 0.267. The molecular formula is C15H16N2S. The highest BCUT2D eigenvalue weighted by molar-refractivity contribution is 7.12. The van der Waals surface area contributed by atoms with Crippen molar-refractivity contribution in [1.82, 2.24) is 0 Å². The molecule has 0 aliphatic heterocycles. The summed E-state index contributed by atoms with van der Waals surface area (Å²) in [5.41, 5.74) is 2.75. The maximum Gasteiger partial charge on any atom is 0.101 e. The van der Waals surface area contributed by atoms with Crippen LogP contribution in [0, 0.1) is 25.2 Å². The van der Waals surface area contributed by atoms with Gasteiger partial charge >= 0.3 is 0 Å². The first-order chi connectivity index (χ1) is 8.61. The van der Waals surface area contributed by atoms with Crippen LogP contribution in [0.1, 0.15) is 33.8 Å². The summed E-state index contributed by atoms with van der Waals surface area (Å²) in [6.07, 6.45) is 0. The summed E-state index contributed by atoms with van der Waals surface area (Å²) in [5.74, 6) is 0. The van der Waals surface area contributed by atoms with Crippen molar-refractivity contribution in [3.8, 4) is 6.07 Å². The number of para-hydroxylation sites is 1. The van der Waals surface area contributed by atoms with E-state index in [1.807, 2.05) is 25.1 Å². The van der Waals surface area contributed by atoms with E-state index in [1.165, 1.54) is 9.75 Å². The Kier molecular flexibility index (Phi) is 3.69. The topological polar surface area (TPSA) is 35.8 Å². The van der Waals surface area contributed by atoms with E-state index < -0.39 is 0 Å². The van der Waals surface area contributed by atoms with Gasteiger partial charge in [-0.25, -0.2) is 0 Å².